The van der Waals surface area contributed by atoms with E-state index in [1.165, 1.54) is 24.3 Å². The van der Waals surface area contributed by atoms with Crippen molar-refractivity contribution < 1.29 is 23.1 Å². The summed E-state index contributed by atoms with van der Waals surface area (Å²) in [5.41, 5.74) is 0.665. The van der Waals surface area contributed by atoms with Gasteiger partial charge in [-0.1, -0.05) is 23.7 Å². The summed E-state index contributed by atoms with van der Waals surface area (Å²) in [4.78, 5) is 10.7. The Balaban J connectivity index is 1.82. The van der Waals surface area contributed by atoms with Crippen LogP contribution in [0.5, 0.6) is 5.75 Å². The van der Waals surface area contributed by atoms with Crippen molar-refractivity contribution in [3.8, 4) is 5.75 Å². The van der Waals surface area contributed by atoms with Gasteiger partial charge in [-0.2, -0.15) is 0 Å². The largest absolute Gasteiger partial charge is 0.492 e. The Morgan fingerprint density at radius 3 is 2.29 bits per heavy atom. The maximum absolute atomic E-state index is 12.0. The van der Waals surface area contributed by atoms with Crippen LogP contribution in [0.2, 0.25) is 5.02 Å². The Hall–Kier alpha value is -2.09. The number of carbonyl (C=O) groups is 1. The summed E-state index contributed by atoms with van der Waals surface area (Å²) in [5.74, 6) is -0.366. The Bertz CT molecular complexity index is 788. The van der Waals surface area contributed by atoms with E-state index >= 15 is 0 Å². The standard InChI is InChI=1S/C16H16ClNO5S/c17-13-3-7-15(8-4-13)24(21,22)18-9-10-23-14-5-1-12(2-6-14)11-16(19)20/h1-8,18H,9-11H2,(H,19,20). The van der Waals surface area contributed by atoms with E-state index in [-0.39, 0.29) is 24.5 Å². The molecule has 0 unspecified atom stereocenters. The van der Waals surface area contributed by atoms with E-state index in [4.69, 9.17) is 21.4 Å². The SMILES string of the molecule is O=C(O)Cc1ccc(OCCNS(=O)(=O)c2ccc(Cl)cc2)cc1. The second-order valence-electron chi connectivity index (χ2n) is 4.91. The second kappa shape index (κ2) is 8.14. The molecule has 2 aromatic rings. The molecule has 0 amide bonds. The number of hydrogen-bond acceptors (Lipinski definition) is 4. The molecule has 8 heteroatoms. The zero-order valence-electron chi connectivity index (χ0n) is 12.6. The number of carboxylic acids is 1. The zero-order valence-corrected chi connectivity index (χ0v) is 14.2. The summed E-state index contributed by atoms with van der Waals surface area (Å²) in [6, 6.07) is 12.5. The lowest BCUT2D eigenvalue weighted by atomic mass is 10.1. The Morgan fingerprint density at radius 2 is 1.71 bits per heavy atom. The summed E-state index contributed by atoms with van der Waals surface area (Å²) < 4.78 is 31.9. The first kappa shape index (κ1) is 18.3. The fourth-order valence-electron chi connectivity index (χ4n) is 1.92. The van der Waals surface area contributed by atoms with Crippen molar-refractivity contribution in [2.45, 2.75) is 11.3 Å². The minimum Gasteiger partial charge on any atom is -0.492 e. The topological polar surface area (TPSA) is 92.7 Å². The predicted octanol–water partition coefficient (Wildman–Crippen LogP) is 2.32. The van der Waals surface area contributed by atoms with E-state index in [0.717, 1.165) is 0 Å². The number of ether oxygens (including phenoxy) is 1. The van der Waals surface area contributed by atoms with Gasteiger partial charge >= 0.3 is 5.97 Å². The van der Waals surface area contributed by atoms with Gasteiger partial charge < -0.3 is 9.84 Å². The van der Waals surface area contributed by atoms with E-state index in [1.807, 2.05) is 0 Å². The number of carboxylic acid groups (broad SMARTS) is 1. The highest BCUT2D eigenvalue weighted by Crippen LogP contribution is 2.14. The van der Waals surface area contributed by atoms with Crippen LogP contribution in [-0.2, 0) is 21.2 Å². The van der Waals surface area contributed by atoms with Crippen LogP contribution in [0.15, 0.2) is 53.4 Å². The molecule has 128 valence electrons. The van der Waals surface area contributed by atoms with E-state index < -0.39 is 16.0 Å². The summed E-state index contributed by atoms with van der Waals surface area (Å²) in [5, 5.41) is 9.15. The molecule has 0 aliphatic rings. The fourth-order valence-corrected chi connectivity index (χ4v) is 3.06. The van der Waals surface area contributed by atoms with Crippen LogP contribution in [0, 0.1) is 0 Å². The third-order valence-electron chi connectivity index (χ3n) is 3.07. The van der Waals surface area contributed by atoms with E-state index in [9.17, 15) is 13.2 Å². The zero-order chi connectivity index (χ0) is 17.6. The van der Waals surface area contributed by atoms with Gasteiger partial charge in [-0.25, -0.2) is 13.1 Å². The number of halogens is 1. The Kier molecular flexibility index (Phi) is 6.19. The lowest BCUT2D eigenvalue weighted by Gasteiger charge is -2.09. The van der Waals surface area contributed by atoms with Gasteiger partial charge in [-0.05, 0) is 42.0 Å². The van der Waals surface area contributed by atoms with Crippen LogP contribution in [-0.4, -0.2) is 32.6 Å². The van der Waals surface area contributed by atoms with Gasteiger partial charge in [0.05, 0.1) is 11.3 Å². The minimum absolute atomic E-state index is 0.0544. The molecule has 2 N–H and O–H groups in total. The monoisotopic (exact) mass is 369 g/mol. The van der Waals surface area contributed by atoms with Gasteiger partial charge in [0.1, 0.15) is 12.4 Å². The average Bonchev–Trinajstić information content (AvgIpc) is 2.53. The van der Waals surface area contributed by atoms with E-state index in [0.29, 0.717) is 16.3 Å². The van der Waals surface area contributed by atoms with E-state index in [1.54, 1.807) is 24.3 Å². The number of rotatable bonds is 8. The number of aliphatic carboxylic acids is 1. The van der Waals surface area contributed by atoms with Crippen LogP contribution >= 0.6 is 11.6 Å². The van der Waals surface area contributed by atoms with Crippen LogP contribution < -0.4 is 9.46 Å². The summed E-state index contributed by atoms with van der Waals surface area (Å²) in [6.45, 7) is 0.243. The number of sulfonamides is 1. The minimum atomic E-state index is -3.61. The highest BCUT2D eigenvalue weighted by atomic mass is 35.5. The lowest BCUT2D eigenvalue weighted by Crippen LogP contribution is -2.28. The highest BCUT2D eigenvalue weighted by Gasteiger charge is 2.12. The average molecular weight is 370 g/mol. The molecule has 0 spiro atoms. The summed E-state index contributed by atoms with van der Waals surface area (Å²) in [7, 11) is -3.61. The van der Waals surface area contributed by atoms with Crippen molar-refractivity contribution in [3.63, 3.8) is 0 Å². The predicted molar refractivity (Wildman–Crippen MR) is 89.9 cm³/mol. The van der Waals surface area contributed by atoms with Crippen molar-refractivity contribution in [1.29, 1.82) is 0 Å². The molecule has 0 aliphatic carbocycles. The number of benzene rings is 2. The third kappa shape index (κ3) is 5.52. The van der Waals surface area contributed by atoms with Crippen LogP contribution in [0.1, 0.15) is 5.56 Å². The molecule has 0 saturated carbocycles. The van der Waals surface area contributed by atoms with Crippen molar-refractivity contribution >= 4 is 27.6 Å². The molecule has 6 nitrogen and oxygen atoms in total. The first-order chi connectivity index (χ1) is 11.4. The molecule has 0 atom stereocenters. The van der Waals surface area contributed by atoms with Gasteiger partial charge in [-0.3, -0.25) is 4.79 Å². The highest BCUT2D eigenvalue weighted by molar-refractivity contribution is 7.89. The van der Waals surface area contributed by atoms with Gasteiger partial charge in [0.2, 0.25) is 10.0 Å². The molecule has 2 aromatic carbocycles. The van der Waals surface area contributed by atoms with Crippen molar-refractivity contribution in [2.75, 3.05) is 13.2 Å². The van der Waals surface area contributed by atoms with Crippen LogP contribution in [0.25, 0.3) is 0 Å². The van der Waals surface area contributed by atoms with Crippen molar-refractivity contribution in [2.24, 2.45) is 0 Å². The molecule has 0 fully saturated rings. The number of hydrogen-bond donors (Lipinski definition) is 2. The smallest absolute Gasteiger partial charge is 0.307 e. The molecule has 0 bridgehead atoms. The van der Waals surface area contributed by atoms with Crippen LogP contribution in [0.4, 0.5) is 0 Å². The molecule has 0 aromatic heterocycles. The summed E-state index contributed by atoms with van der Waals surface area (Å²) in [6.07, 6.45) is -0.0544. The van der Waals surface area contributed by atoms with Gasteiger partial charge in [0, 0.05) is 11.6 Å². The fraction of sp³-hybridized carbons (Fsp3) is 0.188. The van der Waals surface area contributed by atoms with Crippen LogP contribution in [0.3, 0.4) is 0 Å². The Labute approximate surface area is 145 Å². The molecule has 0 radical (unpaired) electrons. The number of nitrogens with one attached hydrogen (secondary N) is 1. The molecular formula is C16H16ClNO5S. The van der Waals surface area contributed by atoms with Gasteiger partial charge in [0.15, 0.2) is 0 Å². The molecule has 0 saturated heterocycles. The van der Waals surface area contributed by atoms with Crippen molar-refractivity contribution in [1.82, 2.24) is 4.72 Å². The van der Waals surface area contributed by atoms with Gasteiger partial charge in [-0.15, -0.1) is 0 Å². The first-order valence-electron chi connectivity index (χ1n) is 7.05. The molecule has 24 heavy (non-hydrogen) atoms. The van der Waals surface area contributed by atoms with Gasteiger partial charge in [0.25, 0.3) is 0 Å². The van der Waals surface area contributed by atoms with Crippen molar-refractivity contribution in [3.05, 3.63) is 59.1 Å². The maximum atomic E-state index is 12.0. The summed E-state index contributed by atoms with van der Waals surface area (Å²) >= 11 is 5.73. The Morgan fingerprint density at radius 1 is 1.08 bits per heavy atom. The molecule has 0 aliphatic heterocycles. The quantitative estimate of drug-likeness (QED) is 0.696. The normalized spacial score (nSPS) is 11.2. The maximum Gasteiger partial charge on any atom is 0.307 e. The lowest BCUT2D eigenvalue weighted by molar-refractivity contribution is -0.136. The molecule has 0 heterocycles. The first-order valence-corrected chi connectivity index (χ1v) is 8.92. The van der Waals surface area contributed by atoms with E-state index in [2.05, 4.69) is 4.72 Å². The molecular weight excluding hydrogens is 354 g/mol. The molecule has 2 rings (SSSR count). The third-order valence-corrected chi connectivity index (χ3v) is 4.79. The second-order valence-corrected chi connectivity index (χ2v) is 7.12.